The minimum absolute atomic E-state index is 0.0917. The molecule has 0 amide bonds. The van der Waals surface area contributed by atoms with E-state index >= 15 is 0 Å². The van der Waals surface area contributed by atoms with Gasteiger partial charge in [0, 0.05) is 19.3 Å². The predicted octanol–water partition coefficient (Wildman–Crippen LogP) is 8.61. The molecule has 0 heterocycles. The first-order chi connectivity index (χ1) is 19.3. The summed E-state index contributed by atoms with van der Waals surface area (Å²) in [5, 5.41) is 27.3. The Hall–Kier alpha value is -1.89. The maximum absolute atomic E-state index is 11.1. The molecule has 0 rings (SSSR count). The number of hydrogen-bond acceptors (Lipinski definition) is 3. The molecule has 0 fully saturated rings. The molecule has 0 spiro atoms. The van der Waals surface area contributed by atoms with Crippen LogP contribution in [0.2, 0.25) is 0 Å². The van der Waals surface area contributed by atoms with Crippen LogP contribution in [-0.2, 0) is 14.4 Å². The Balaban J connectivity index is 4.12. The molecule has 0 unspecified atom stereocenters. The average Bonchev–Trinajstić information content (AvgIpc) is 2.89. The van der Waals surface area contributed by atoms with Crippen molar-refractivity contribution in [2.45, 2.75) is 155 Å². The van der Waals surface area contributed by atoms with Crippen LogP contribution in [0.25, 0.3) is 0 Å². The highest BCUT2D eigenvalue weighted by Gasteiger charge is 2.27. The summed E-state index contributed by atoms with van der Waals surface area (Å²) >= 11 is 0. The van der Waals surface area contributed by atoms with E-state index in [0.29, 0.717) is 43.4 Å². The molecule has 0 atom stereocenters. The first-order valence-electron chi connectivity index (χ1n) is 16.5. The topological polar surface area (TPSA) is 112 Å². The van der Waals surface area contributed by atoms with E-state index in [1.807, 2.05) is 0 Å². The van der Waals surface area contributed by atoms with Crippen LogP contribution in [0.1, 0.15) is 155 Å². The average molecular weight is 569 g/mol. The van der Waals surface area contributed by atoms with Gasteiger partial charge in [0.25, 0.3) is 0 Å². The van der Waals surface area contributed by atoms with Crippen molar-refractivity contribution >= 4 is 17.9 Å². The van der Waals surface area contributed by atoms with Crippen molar-refractivity contribution in [3.63, 3.8) is 0 Å². The zero-order valence-electron chi connectivity index (χ0n) is 25.8. The van der Waals surface area contributed by atoms with Crippen LogP contribution in [0.15, 0.2) is 12.2 Å². The summed E-state index contributed by atoms with van der Waals surface area (Å²) in [4.78, 5) is 33.2. The van der Waals surface area contributed by atoms with Gasteiger partial charge in [-0.1, -0.05) is 89.7 Å². The van der Waals surface area contributed by atoms with Crippen molar-refractivity contribution in [2.75, 3.05) is 26.2 Å². The third kappa shape index (κ3) is 26.3. The van der Waals surface area contributed by atoms with Crippen molar-refractivity contribution < 1.29 is 34.2 Å². The van der Waals surface area contributed by atoms with Crippen LogP contribution in [0.3, 0.4) is 0 Å². The largest absolute Gasteiger partial charge is 0.481 e. The number of rotatable bonds is 31. The molecule has 0 aliphatic carbocycles. The van der Waals surface area contributed by atoms with Crippen LogP contribution in [0.4, 0.5) is 0 Å². The van der Waals surface area contributed by atoms with Crippen LogP contribution in [0.5, 0.6) is 0 Å². The molecule has 0 aliphatic rings. The minimum atomic E-state index is -0.824. The Kier molecular flexibility index (Phi) is 26.0. The molecule has 40 heavy (non-hydrogen) atoms. The van der Waals surface area contributed by atoms with Gasteiger partial charge in [0.2, 0.25) is 0 Å². The Morgan fingerprint density at radius 3 is 1.10 bits per heavy atom. The molecule has 0 aromatic rings. The lowest BCUT2D eigenvalue weighted by atomic mass is 10.0. The lowest BCUT2D eigenvalue weighted by Crippen LogP contribution is -2.51. The van der Waals surface area contributed by atoms with E-state index in [4.69, 9.17) is 15.3 Å². The van der Waals surface area contributed by atoms with Gasteiger partial charge in [-0.3, -0.25) is 14.4 Å². The number of quaternary nitrogens is 1. The Morgan fingerprint density at radius 1 is 0.450 bits per heavy atom. The van der Waals surface area contributed by atoms with Crippen LogP contribution in [0, 0.1) is 0 Å². The number of carbonyl (C=O) groups is 3. The number of carboxylic acid groups (broad SMARTS) is 3. The Labute approximate surface area is 245 Å². The van der Waals surface area contributed by atoms with E-state index in [2.05, 4.69) is 19.1 Å². The molecule has 3 N–H and O–H groups in total. The minimum Gasteiger partial charge on any atom is -0.481 e. The molecule has 0 radical (unpaired) electrons. The van der Waals surface area contributed by atoms with Gasteiger partial charge in [0.05, 0.1) is 45.4 Å². The number of allylic oxidation sites excluding steroid dienone is 2. The molecule has 234 valence electrons. The van der Waals surface area contributed by atoms with Crippen LogP contribution in [-0.4, -0.2) is 63.9 Å². The highest BCUT2D eigenvalue weighted by molar-refractivity contribution is 5.67. The molecule has 0 bridgehead atoms. The zero-order valence-corrected chi connectivity index (χ0v) is 25.8. The van der Waals surface area contributed by atoms with Crippen LogP contribution >= 0.6 is 0 Å². The number of aliphatic carboxylic acids is 3. The molecule has 7 heteroatoms. The summed E-state index contributed by atoms with van der Waals surface area (Å²) in [5.41, 5.74) is 0. The number of hydrogen-bond donors (Lipinski definition) is 3. The smallest absolute Gasteiger partial charge is 0.303 e. The molecule has 0 aliphatic heterocycles. The quantitative estimate of drug-likeness (QED) is 0.0438. The van der Waals surface area contributed by atoms with Crippen molar-refractivity contribution in [3.05, 3.63) is 12.2 Å². The zero-order chi connectivity index (χ0) is 29.7. The lowest BCUT2D eigenvalue weighted by molar-refractivity contribution is -0.929. The van der Waals surface area contributed by atoms with Gasteiger partial charge in [-0.2, -0.15) is 0 Å². The predicted molar refractivity (Wildman–Crippen MR) is 164 cm³/mol. The Bertz CT molecular complexity index is 613. The molecular formula is C33H62NO6+. The van der Waals surface area contributed by atoms with E-state index in [-0.39, 0.29) is 19.3 Å². The molecule has 0 aromatic heterocycles. The third-order valence-electron chi connectivity index (χ3n) is 7.96. The second-order valence-electron chi connectivity index (χ2n) is 11.7. The van der Waals surface area contributed by atoms with Gasteiger partial charge < -0.3 is 19.8 Å². The fourth-order valence-electron chi connectivity index (χ4n) is 5.59. The van der Waals surface area contributed by atoms with E-state index in [1.165, 1.54) is 96.3 Å². The van der Waals surface area contributed by atoms with Gasteiger partial charge in [-0.05, 0) is 38.5 Å². The SMILES string of the molecule is CCCCC/C=C/CCCCCCCCCCCCCC[N+](CCCC(=O)O)(CCCC(=O)O)CCCC(=O)O. The van der Waals surface area contributed by atoms with E-state index in [9.17, 15) is 14.4 Å². The molecule has 7 nitrogen and oxygen atoms in total. The molecule has 0 aromatic carbocycles. The number of unbranched alkanes of at least 4 members (excludes halogenated alkanes) is 15. The third-order valence-corrected chi connectivity index (χ3v) is 7.96. The first-order valence-corrected chi connectivity index (χ1v) is 16.5. The first kappa shape index (κ1) is 38.1. The van der Waals surface area contributed by atoms with Crippen molar-refractivity contribution in [3.8, 4) is 0 Å². The highest BCUT2D eigenvalue weighted by Crippen LogP contribution is 2.19. The van der Waals surface area contributed by atoms with Gasteiger partial charge in [-0.15, -0.1) is 0 Å². The summed E-state index contributed by atoms with van der Waals surface area (Å²) in [6, 6.07) is 0. The van der Waals surface area contributed by atoms with E-state index in [1.54, 1.807) is 0 Å². The molecule has 0 saturated heterocycles. The lowest BCUT2D eigenvalue weighted by Gasteiger charge is -2.39. The van der Waals surface area contributed by atoms with Gasteiger partial charge in [0.15, 0.2) is 0 Å². The fraction of sp³-hybridized carbons (Fsp3) is 0.848. The van der Waals surface area contributed by atoms with Gasteiger partial charge in [-0.25, -0.2) is 0 Å². The summed E-state index contributed by atoms with van der Waals surface area (Å²) in [7, 11) is 0. The second kappa shape index (κ2) is 27.3. The second-order valence-corrected chi connectivity index (χ2v) is 11.7. The van der Waals surface area contributed by atoms with Crippen molar-refractivity contribution in [2.24, 2.45) is 0 Å². The maximum atomic E-state index is 11.1. The standard InChI is InChI=1S/C33H61NO6/c1-2-3-4-5-6-7-8-9-10-11-12-13-14-15-16-17-18-19-20-27-34(28-21-24-31(35)36,29-22-25-32(37)38)30-23-26-33(39)40/h6-7H,2-5,8-30H2,1H3,(H2-,35,36,37,38,39,40)/p+1/b7-6+. The summed E-state index contributed by atoms with van der Waals surface area (Å²) < 4.78 is 0.642. The Morgan fingerprint density at radius 2 is 0.750 bits per heavy atom. The van der Waals surface area contributed by atoms with Crippen molar-refractivity contribution in [1.29, 1.82) is 0 Å². The normalized spacial score (nSPS) is 11.8. The number of nitrogens with zero attached hydrogens (tertiary/aromatic N) is 1. The summed E-state index contributed by atoms with van der Waals surface area (Å²) in [5.74, 6) is -2.47. The highest BCUT2D eigenvalue weighted by atomic mass is 16.4. The maximum Gasteiger partial charge on any atom is 0.303 e. The molecular weight excluding hydrogens is 506 g/mol. The fourth-order valence-corrected chi connectivity index (χ4v) is 5.59. The van der Waals surface area contributed by atoms with Crippen LogP contribution < -0.4 is 0 Å². The molecule has 0 saturated carbocycles. The summed E-state index contributed by atoms with van der Waals surface area (Å²) in [6.07, 6.45) is 28.2. The van der Waals surface area contributed by atoms with E-state index < -0.39 is 17.9 Å². The summed E-state index contributed by atoms with van der Waals surface area (Å²) in [6.45, 7) is 5.12. The monoisotopic (exact) mass is 568 g/mol. The number of carboxylic acids is 3. The van der Waals surface area contributed by atoms with Crippen molar-refractivity contribution in [1.82, 2.24) is 0 Å². The van der Waals surface area contributed by atoms with E-state index in [0.717, 1.165) is 19.4 Å². The van der Waals surface area contributed by atoms with Gasteiger partial charge >= 0.3 is 17.9 Å². The van der Waals surface area contributed by atoms with Gasteiger partial charge in [0.1, 0.15) is 0 Å².